The summed E-state index contributed by atoms with van der Waals surface area (Å²) < 4.78 is 5.34. The molecule has 0 radical (unpaired) electrons. The van der Waals surface area contributed by atoms with Gasteiger partial charge in [-0.3, -0.25) is 10.1 Å². The molecular formula is C13H9ClN2O5. The molecule has 8 heteroatoms. The first-order chi connectivity index (χ1) is 9.88. The molecule has 0 aliphatic carbocycles. The number of hydrogen-bond acceptors (Lipinski definition) is 5. The number of carboxylic acids is 1. The van der Waals surface area contributed by atoms with Gasteiger partial charge >= 0.3 is 11.7 Å². The number of carboxylic acid groups (broad SMARTS) is 1. The van der Waals surface area contributed by atoms with E-state index >= 15 is 0 Å². The number of nitro benzene ring substituents is 1. The third-order valence-electron chi connectivity index (χ3n) is 2.62. The minimum Gasteiger partial charge on any atom is -0.478 e. The fraction of sp³-hybridized carbons (Fsp3) is 0.0769. The van der Waals surface area contributed by atoms with Crippen molar-refractivity contribution in [2.45, 2.75) is 6.92 Å². The number of aromatic nitrogens is 1. The molecule has 2 aromatic rings. The topological polar surface area (TPSA) is 103 Å². The van der Waals surface area contributed by atoms with Crippen molar-refractivity contribution in [2.75, 3.05) is 0 Å². The molecule has 21 heavy (non-hydrogen) atoms. The van der Waals surface area contributed by atoms with Crippen molar-refractivity contribution < 1.29 is 19.6 Å². The maximum atomic E-state index is 10.9. The molecular weight excluding hydrogens is 300 g/mol. The zero-order valence-corrected chi connectivity index (χ0v) is 11.5. The summed E-state index contributed by atoms with van der Waals surface area (Å²) in [6.45, 7) is 1.50. The molecule has 0 fully saturated rings. The molecule has 1 aromatic heterocycles. The number of hydrogen-bond donors (Lipinski definition) is 1. The Morgan fingerprint density at radius 1 is 1.38 bits per heavy atom. The summed E-state index contributed by atoms with van der Waals surface area (Å²) in [6, 6.07) is 6.52. The monoisotopic (exact) mass is 308 g/mol. The Bertz CT molecular complexity index is 732. The summed E-state index contributed by atoms with van der Waals surface area (Å²) >= 11 is 5.79. The van der Waals surface area contributed by atoms with Crippen molar-refractivity contribution >= 4 is 23.3 Å². The summed E-state index contributed by atoms with van der Waals surface area (Å²) in [4.78, 5) is 25.2. The second-order valence-electron chi connectivity index (χ2n) is 4.06. The lowest BCUT2D eigenvalue weighted by Gasteiger charge is -2.07. The van der Waals surface area contributed by atoms with E-state index in [9.17, 15) is 14.9 Å². The lowest BCUT2D eigenvalue weighted by atomic mass is 10.2. The van der Waals surface area contributed by atoms with E-state index in [1.807, 2.05) is 0 Å². The number of ether oxygens (including phenoxy) is 1. The largest absolute Gasteiger partial charge is 0.478 e. The minimum atomic E-state index is -1.11. The van der Waals surface area contributed by atoms with Crippen LogP contribution < -0.4 is 4.74 Å². The molecule has 0 aliphatic heterocycles. The summed E-state index contributed by atoms with van der Waals surface area (Å²) in [5.74, 6) is -1.13. The Kier molecular flexibility index (Phi) is 4.04. The van der Waals surface area contributed by atoms with E-state index in [1.165, 1.54) is 37.3 Å². The van der Waals surface area contributed by atoms with Gasteiger partial charge in [0.2, 0.25) is 11.6 Å². The molecule has 0 spiro atoms. The summed E-state index contributed by atoms with van der Waals surface area (Å²) in [6.07, 6.45) is 0. The zero-order valence-electron chi connectivity index (χ0n) is 10.7. The average Bonchev–Trinajstić information content (AvgIpc) is 2.37. The van der Waals surface area contributed by atoms with Crippen LogP contribution in [-0.4, -0.2) is 21.0 Å². The Morgan fingerprint density at radius 3 is 2.67 bits per heavy atom. The van der Waals surface area contributed by atoms with Crippen molar-refractivity contribution in [2.24, 2.45) is 0 Å². The van der Waals surface area contributed by atoms with Crippen LogP contribution >= 0.6 is 11.6 Å². The first-order valence-corrected chi connectivity index (χ1v) is 6.09. The number of nitrogens with zero attached hydrogens (tertiary/aromatic N) is 2. The summed E-state index contributed by atoms with van der Waals surface area (Å²) in [7, 11) is 0. The molecule has 7 nitrogen and oxygen atoms in total. The fourth-order valence-electron chi connectivity index (χ4n) is 1.65. The van der Waals surface area contributed by atoms with E-state index in [1.54, 1.807) is 0 Å². The van der Waals surface area contributed by atoms with E-state index in [0.717, 1.165) is 0 Å². The Morgan fingerprint density at radius 2 is 2.10 bits per heavy atom. The maximum Gasteiger partial charge on any atom is 0.337 e. The highest BCUT2D eigenvalue weighted by molar-refractivity contribution is 6.30. The van der Waals surface area contributed by atoms with E-state index < -0.39 is 10.9 Å². The number of aryl methyl sites for hydroxylation is 1. The zero-order chi connectivity index (χ0) is 15.6. The smallest absolute Gasteiger partial charge is 0.337 e. The Balaban J connectivity index is 2.38. The molecule has 0 amide bonds. The molecule has 108 valence electrons. The normalized spacial score (nSPS) is 10.2. The van der Waals surface area contributed by atoms with Gasteiger partial charge in [0.1, 0.15) is 0 Å². The second-order valence-corrected chi connectivity index (χ2v) is 4.50. The maximum absolute atomic E-state index is 10.9. The molecule has 2 rings (SSSR count). The number of nitro groups is 1. The lowest BCUT2D eigenvalue weighted by Crippen LogP contribution is -2.02. The van der Waals surface area contributed by atoms with Gasteiger partial charge in [0, 0.05) is 23.2 Å². The highest BCUT2D eigenvalue weighted by atomic mass is 35.5. The number of pyridine rings is 1. The highest BCUT2D eigenvalue weighted by Gasteiger charge is 2.17. The van der Waals surface area contributed by atoms with E-state index in [0.29, 0.717) is 0 Å². The minimum absolute atomic E-state index is 0.0305. The van der Waals surface area contributed by atoms with Gasteiger partial charge < -0.3 is 9.84 Å². The van der Waals surface area contributed by atoms with Crippen LogP contribution in [0, 0.1) is 17.0 Å². The molecule has 1 heterocycles. The van der Waals surface area contributed by atoms with Crippen LogP contribution in [0.3, 0.4) is 0 Å². The predicted molar refractivity (Wildman–Crippen MR) is 74.1 cm³/mol. The fourth-order valence-corrected chi connectivity index (χ4v) is 1.82. The van der Waals surface area contributed by atoms with Crippen molar-refractivity contribution in [1.82, 2.24) is 4.98 Å². The van der Waals surface area contributed by atoms with Gasteiger partial charge in [-0.2, -0.15) is 0 Å². The Labute approximate surface area is 123 Å². The van der Waals surface area contributed by atoms with Gasteiger partial charge in [-0.05, 0) is 19.1 Å². The standard InChI is InChI=1S/C13H9ClN2O5/c1-7-9(13(17)18)3-5-12(15-7)21-11-6-8(14)2-4-10(11)16(19)20/h2-6H,1H3,(H,17,18). The number of rotatable bonds is 4. The van der Waals surface area contributed by atoms with E-state index in [-0.39, 0.29) is 33.6 Å². The van der Waals surface area contributed by atoms with Crippen LogP contribution in [0.25, 0.3) is 0 Å². The molecule has 0 bridgehead atoms. The molecule has 0 atom stereocenters. The summed E-state index contributed by atoms with van der Waals surface area (Å²) in [5.41, 5.74) is 0.00814. The van der Waals surface area contributed by atoms with Crippen molar-refractivity contribution in [3.05, 3.63) is 56.7 Å². The second kappa shape index (κ2) is 5.76. The van der Waals surface area contributed by atoms with Crippen molar-refractivity contribution in [3.8, 4) is 11.6 Å². The molecule has 0 saturated heterocycles. The number of halogens is 1. The number of carbonyl (C=O) groups is 1. The van der Waals surface area contributed by atoms with Crippen LogP contribution in [0.5, 0.6) is 11.6 Å². The predicted octanol–water partition coefficient (Wildman–Crippen LogP) is 3.44. The average molecular weight is 309 g/mol. The molecule has 1 aromatic carbocycles. The van der Waals surface area contributed by atoms with Gasteiger partial charge in [0.15, 0.2) is 0 Å². The van der Waals surface area contributed by atoms with Gasteiger partial charge in [0.05, 0.1) is 16.2 Å². The summed E-state index contributed by atoms with van der Waals surface area (Å²) in [5, 5.41) is 20.1. The van der Waals surface area contributed by atoms with E-state index in [2.05, 4.69) is 4.98 Å². The van der Waals surface area contributed by atoms with Crippen molar-refractivity contribution in [3.63, 3.8) is 0 Å². The quantitative estimate of drug-likeness (QED) is 0.685. The highest BCUT2D eigenvalue weighted by Crippen LogP contribution is 2.33. The van der Waals surface area contributed by atoms with Crippen molar-refractivity contribution in [1.29, 1.82) is 0 Å². The van der Waals surface area contributed by atoms with Gasteiger partial charge in [-0.15, -0.1) is 0 Å². The Hall–Kier alpha value is -2.67. The molecule has 0 unspecified atom stereocenters. The number of aromatic carboxylic acids is 1. The van der Waals surface area contributed by atoms with Gasteiger partial charge in [-0.1, -0.05) is 11.6 Å². The van der Waals surface area contributed by atoms with Gasteiger partial charge in [0.25, 0.3) is 0 Å². The number of benzene rings is 1. The third-order valence-corrected chi connectivity index (χ3v) is 2.86. The molecule has 0 saturated carbocycles. The van der Waals surface area contributed by atoms with Crippen LogP contribution in [0.2, 0.25) is 5.02 Å². The van der Waals surface area contributed by atoms with E-state index in [4.69, 9.17) is 21.4 Å². The van der Waals surface area contributed by atoms with Crippen LogP contribution in [0.1, 0.15) is 16.1 Å². The third kappa shape index (κ3) is 3.26. The SMILES string of the molecule is Cc1nc(Oc2cc(Cl)ccc2[N+](=O)[O-])ccc1C(=O)O. The van der Waals surface area contributed by atoms with Crippen LogP contribution in [0.15, 0.2) is 30.3 Å². The molecule has 1 N–H and O–H groups in total. The van der Waals surface area contributed by atoms with Gasteiger partial charge in [-0.25, -0.2) is 9.78 Å². The lowest BCUT2D eigenvalue weighted by molar-refractivity contribution is -0.385. The molecule has 0 aliphatic rings. The first kappa shape index (κ1) is 14.7. The first-order valence-electron chi connectivity index (χ1n) is 5.71. The van der Waals surface area contributed by atoms with Crippen LogP contribution in [0.4, 0.5) is 5.69 Å². The van der Waals surface area contributed by atoms with Crippen LogP contribution in [-0.2, 0) is 0 Å².